The van der Waals surface area contributed by atoms with E-state index in [1.54, 1.807) is 39.8 Å². The molecule has 6 rings (SSSR count). The van der Waals surface area contributed by atoms with Crippen molar-refractivity contribution in [2.24, 2.45) is 0 Å². The molecule has 3 nitrogen and oxygen atoms in total. The quantitative estimate of drug-likeness (QED) is 0.256. The Labute approximate surface area is 167 Å². The van der Waals surface area contributed by atoms with Gasteiger partial charge < -0.3 is 9.52 Å². The van der Waals surface area contributed by atoms with E-state index in [2.05, 4.69) is 30.3 Å². The number of phenolic OH excluding ortho intramolecular Hbond substituents is 1. The lowest BCUT2D eigenvalue weighted by Crippen LogP contribution is -2.00. The van der Waals surface area contributed by atoms with E-state index >= 15 is 0 Å². The molecule has 0 bridgehead atoms. The molecule has 0 saturated heterocycles. The lowest BCUT2D eigenvalue weighted by Gasteiger charge is -2.17. The first kappa shape index (κ1) is 16.1. The van der Waals surface area contributed by atoms with Crippen molar-refractivity contribution in [1.82, 2.24) is 0 Å². The Morgan fingerprint density at radius 3 is 2.50 bits per heavy atom. The fourth-order valence-corrected chi connectivity index (χ4v) is 6.42. The molecule has 134 valence electrons. The normalized spacial score (nSPS) is 13.0. The van der Waals surface area contributed by atoms with Gasteiger partial charge in [0.1, 0.15) is 17.1 Å². The summed E-state index contributed by atoms with van der Waals surface area (Å²) in [5, 5.41) is 13.3. The number of benzene rings is 4. The van der Waals surface area contributed by atoms with Crippen LogP contribution in [0.15, 0.2) is 85.7 Å². The molecule has 0 radical (unpaired) electrons. The molecule has 0 spiro atoms. The maximum atomic E-state index is 11.9. The van der Waals surface area contributed by atoms with Gasteiger partial charge in [-0.25, -0.2) is 0 Å². The Balaban J connectivity index is 1.83. The third kappa shape index (κ3) is 2.23. The summed E-state index contributed by atoms with van der Waals surface area (Å²) in [6.45, 7) is 0. The topological polar surface area (TPSA) is 50.4 Å². The molecule has 5 heteroatoms. The van der Waals surface area contributed by atoms with Crippen LogP contribution in [0.25, 0.3) is 44.2 Å². The van der Waals surface area contributed by atoms with Crippen LogP contribution >= 0.6 is 21.6 Å². The number of hydrogen-bond acceptors (Lipinski definition) is 5. The molecule has 2 heterocycles. The maximum absolute atomic E-state index is 11.9. The summed E-state index contributed by atoms with van der Waals surface area (Å²) in [6.07, 6.45) is 0. The van der Waals surface area contributed by atoms with Crippen LogP contribution in [0.3, 0.4) is 0 Å². The van der Waals surface area contributed by atoms with Gasteiger partial charge in [0.2, 0.25) is 0 Å². The lowest BCUT2D eigenvalue weighted by atomic mass is 9.90. The molecule has 0 saturated carbocycles. The largest absolute Gasteiger partial charge is 0.508 e. The van der Waals surface area contributed by atoms with E-state index in [0.717, 1.165) is 22.1 Å². The van der Waals surface area contributed by atoms with E-state index in [0.29, 0.717) is 11.3 Å². The predicted octanol–water partition coefficient (Wildman–Crippen LogP) is 6.54. The van der Waals surface area contributed by atoms with Crippen molar-refractivity contribution >= 4 is 43.3 Å². The van der Waals surface area contributed by atoms with Crippen LogP contribution in [0.4, 0.5) is 0 Å². The number of fused-ring (bicyclic) bond motifs is 2. The van der Waals surface area contributed by atoms with Gasteiger partial charge in [0.05, 0.1) is 0 Å². The first-order valence-corrected chi connectivity index (χ1v) is 10.9. The average Bonchev–Trinajstić information content (AvgIpc) is 3.11. The fraction of sp³-hybridized carbons (Fsp3) is 0. The van der Waals surface area contributed by atoms with Crippen LogP contribution in [0, 0.1) is 0 Å². The Morgan fingerprint density at radius 2 is 1.61 bits per heavy atom. The molecule has 0 atom stereocenters. The third-order valence-electron chi connectivity index (χ3n) is 5.13. The minimum atomic E-state index is -0.102. The molecule has 1 aliphatic carbocycles. The zero-order valence-electron chi connectivity index (χ0n) is 14.4. The van der Waals surface area contributed by atoms with Crippen molar-refractivity contribution in [2.45, 2.75) is 9.79 Å². The molecule has 0 unspecified atom stereocenters. The Kier molecular flexibility index (Phi) is 3.34. The second kappa shape index (κ2) is 5.80. The SMILES string of the molecule is O=c1ccc2c(-c3ccc4c5c(cccc35)SS4)c3ccc(O)cc3oc-2c1. The molecule has 2 aliphatic heterocycles. The summed E-state index contributed by atoms with van der Waals surface area (Å²) in [4.78, 5) is 14.5. The second-order valence-electron chi connectivity index (χ2n) is 6.77. The Morgan fingerprint density at radius 1 is 0.786 bits per heavy atom. The highest BCUT2D eigenvalue weighted by Gasteiger charge is 2.22. The summed E-state index contributed by atoms with van der Waals surface area (Å²) in [5.41, 5.74) is 3.45. The van der Waals surface area contributed by atoms with E-state index < -0.39 is 0 Å². The lowest BCUT2D eigenvalue weighted by molar-refractivity contribution is 0.474. The van der Waals surface area contributed by atoms with E-state index in [1.165, 1.54) is 26.6 Å². The van der Waals surface area contributed by atoms with Crippen molar-refractivity contribution < 1.29 is 9.52 Å². The summed E-state index contributed by atoms with van der Waals surface area (Å²) in [7, 11) is 3.57. The summed E-state index contributed by atoms with van der Waals surface area (Å²) in [5.74, 6) is 0.653. The van der Waals surface area contributed by atoms with Crippen LogP contribution in [0.2, 0.25) is 0 Å². The molecule has 0 fully saturated rings. The first-order valence-electron chi connectivity index (χ1n) is 8.79. The smallest absolute Gasteiger partial charge is 0.182 e. The van der Waals surface area contributed by atoms with Crippen LogP contribution in [-0.4, -0.2) is 5.11 Å². The van der Waals surface area contributed by atoms with Crippen LogP contribution in [0.5, 0.6) is 5.75 Å². The summed E-state index contributed by atoms with van der Waals surface area (Å²) < 4.78 is 5.97. The monoisotopic (exact) mass is 400 g/mol. The molecule has 28 heavy (non-hydrogen) atoms. The highest BCUT2D eigenvalue weighted by molar-refractivity contribution is 8.77. The van der Waals surface area contributed by atoms with Gasteiger partial charge in [0.25, 0.3) is 0 Å². The van der Waals surface area contributed by atoms with Gasteiger partial charge in [-0.3, -0.25) is 4.79 Å². The zero-order valence-corrected chi connectivity index (χ0v) is 16.1. The van der Waals surface area contributed by atoms with E-state index in [-0.39, 0.29) is 11.2 Å². The third-order valence-corrected chi connectivity index (χ3v) is 7.58. The minimum absolute atomic E-state index is 0.102. The van der Waals surface area contributed by atoms with Gasteiger partial charge in [-0.15, -0.1) is 0 Å². The van der Waals surface area contributed by atoms with Crippen LogP contribution in [-0.2, 0) is 0 Å². The number of aromatic hydroxyl groups is 1. The maximum Gasteiger partial charge on any atom is 0.182 e. The van der Waals surface area contributed by atoms with Crippen LogP contribution in [0.1, 0.15) is 0 Å². The molecule has 3 aliphatic rings. The van der Waals surface area contributed by atoms with Crippen molar-refractivity contribution in [1.29, 1.82) is 0 Å². The van der Waals surface area contributed by atoms with Gasteiger partial charge in [-0.05, 0) is 47.3 Å². The number of hydrogen-bond donors (Lipinski definition) is 1. The molecule has 3 aromatic carbocycles. The first-order chi connectivity index (χ1) is 13.7. The van der Waals surface area contributed by atoms with E-state index in [9.17, 15) is 9.90 Å². The molecular weight excluding hydrogens is 388 g/mol. The number of rotatable bonds is 1. The van der Waals surface area contributed by atoms with Gasteiger partial charge in [-0.1, -0.05) is 39.8 Å². The molecule has 0 aromatic heterocycles. The fourth-order valence-electron chi connectivity index (χ4n) is 3.94. The van der Waals surface area contributed by atoms with Crippen molar-refractivity contribution in [3.63, 3.8) is 0 Å². The second-order valence-corrected chi connectivity index (χ2v) is 8.99. The van der Waals surface area contributed by atoms with Gasteiger partial charge >= 0.3 is 0 Å². The van der Waals surface area contributed by atoms with Crippen molar-refractivity contribution in [3.8, 4) is 28.2 Å². The summed E-state index contributed by atoms with van der Waals surface area (Å²) >= 11 is 0. The van der Waals surface area contributed by atoms with Crippen molar-refractivity contribution in [2.75, 3.05) is 0 Å². The standard InChI is InChI=1S/C23H12O3S2/c24-12-4-6-16-18(10-12)26-19-11-13(25)5-7-17(19)22(16)15-8-9-21-23-14(15)2-1-3-20(23)27-28-21/h1-11,24H. The molecule has 1 N–H and O–H groups in total. The van der Waals surface area contributed by atoms with Gasteiger partial charge in [0, 0.05) is 43.8 Å². The Hall–Kier alpha value is -2.89. The van der Waals surface area contributed by atoms with E-state index in [4.69, 9.17) is 4.42 Å². The molecule has 0 amide bonds. The van der Waals surface area contributed by atoms with Gasteiger partial charge in [-0.2, -0.15) is 0 Å². The average molecular weight is 400 g/mol. The van der Waals surface area contributed by atoms with E-state index in [1.807, 2.05) is 12.1 Å². The Bertz CT molecular complexity index is 1440. The minimum Gasteiger partial charge on any atom is -0.508 e. The highest BCUT2D eigenvalue weighted by atomic mass is 33.1. The predicted molar refractivity (Wildman–Crippen MR) is 115 cm³/mol. The zero-order chi connectivity index (χ0) is 18.8. The molecular formula is C23H12O3S2. The highest BCUT2D eigenvalue weighted by Crippen LogP contribution is 2.54. The number of phenols is 1. The van der Waals surface area contributed by atoms with Crippen molar-refractivity contribution in [3.05, 3.63) is 77.0 Å². The summed E-state index contributed by atoms with van der Waals surface area (Å²) in [6, 6.07) is 20.7. The van der Waals surface area contributed by atoms with Crippen LogP contribution < -0.4 is 5.43 Å². The van der Waals surface area contributed by atoms with Gasteiger partial charge in [0.15, 0.2) is 5.43 Å². The molecule has 3 aromatic rings.